The molecule has 0 radical (unpaired) electrons. The van der Waals surface area contributed by atoms with Gasteiger partial charge < -0.3 is 10.6 Å². The number of rotatable bonds is 5. The lowest BCUT2D eigenvalue weighted by Gasteiger charge is -2.11. The SMILES string of the molecule is c1ccc(CNc2nc(Nc3ccccn3)nc3ccccc23)cc1. The second-order valence-corrected chi connectivity index (χ2v) is 5.59. The number of hydrogen-bond acceptors (Lipinski definition) is 5. The highest BCUT2D eigenvalue weighted by atomic mass is 15.2. The molecule has 0 saturated heterocycles. The van der Waals surface area contributed by atoms with Crippen molar-refractivity contribution in [1.29, 1.82) is 0 Å². The van der Waals surface area contributed by atoms with Crippen molar-refractivity contribution in [3.8, 4) is 0 Å². The van der Waals surface area contributed by atoms with E-state index in [-0.39, 0.29) is 0 Å². The van der Waals surface area contributed by atoms with E-state index in [0.717, 1.165) is 16.7 Å². The first-order chi connectivity index (χ1) is 12.4. The van der Waals surface area contributed by atoms with E-state index in [4.69, 9.17) is 0 Å². The number of nitrogens with zero attached hydrogens (tertiary/aromatic N) is 3. The minimum atomic E-state index is 0.521. The third kappa shape index (κ3) is 3.55. The first kappa shape index (κ1) is 15.1. The molecule has 2 aromatic heterocycles. The third-order valence-corrected chi connectivity index (χ3v) is 3.81. The molecule has 0 unspecified atom stereocenters. The molecule has 0 aliphatic rings. The van der Waals surface area contributed by atoms with Crippen molar-refractivity contribution >= 4 is 28.5 Å². The molecule has 2 aromatic carbocycles. The summed E-state index contributed by atoms with van der Waals surface area (Å²) in [4.78, 5) is 13.5. The molecule has 0 bridgehead atoms. The van der Waals surface area contributed by atoms with Gasteiger partial charge in [-0.15, -0.1) is 0 Å². The molecular weight excluding hydrogens is 310 g/mol. The molecule has 0 fully saturated rings. The van der Waals surface area contributed by atoms with Gasteiger partial charge in [-0.3, -0.25) is 0 Å². The van der Waals surface area contributed by atoms with E-state index in [0.29, 0.717) is 18.3 Å². The average molecular weight is 327 g/mol. The number of fused-ring (bicyclic) bond motifs is 1. The van der Waals surface area contributed by atoms with E-state index >= 15 is 0 Å². The minimum absolute atomic E-state index is 0.521. The molecule has 4 aromatic rings. The van der Waals surface area contributed by atoms with Crippen LogP contribution in [-0.2, 0) is 6.54 Å². The van der Waals surface area contributed by atoms with Crippen LogP contribution in [0.3, 0.4) is 0 Å². The molecule has 0 amide bonds. The normalized spacial score (nSPS) is 10.6. The van der Waals surface area contributed by atoms with Gasteiger partial charge in [-0.2, -0.15) is 4.98 Å². The van der Waals surface area contributed by atoms with Gasteiger partial charge in [-0.05, 0) is 29.8 Å². The molecule has 0 atom stereocenters. The zero-order valence-corrected chi connectivity index (χ0v) is 13.6. The maximum absolute atomic E-state index is 4.64. The molecule has 122 valence electrons. The van der Waals surface area contributed by atoms with Crippen LogP contribution in [0, 0.1) is 0 Å². The lowest BCUT2D eigenvalue weighted by molar-refractivity contribution is 1.10. The van der Waals surface area contributed by atoms with Crippen LogP contribution in [0.1, 0.15) is 5.56 Å². The highest BCUT2D eigenvalue weighted by Crippen LogP contribution is 2.23. The number of para-hydroxylation sites is 1. The number of benzene rings is 2. The van der Waals surface area contributed by atoms with E-state index in [1.54, 1.807) is 6.20 Å². The van der Waals surface area contributed by atoms with Crippen molar-refractivity contribution < 1.29 is 0 Å². The van der Waals surface area contributed by atoms with Crippen LogP contribution in [0.2, 0.25) is 0 Å². The molecule has 0 saturated carbocycles. The molecular formula is C20H17N5. The summed E-state index contributed by atoms with van der Waals surface area (Å²) in [5, 5.41) is 7.57. The van der Waals surface area contributed by atoms with Crippen molar-refractivity contribution in [2.45, 2.75) is 6.54 Å². The van der Waals surface area contributed by atoms with Gasteiger partial charge in [0.1, 0.15) is 11.6 Å². The Hall–Kier alpha value is -3.47. The molecule has 5 nitrogen and oxygen atoms in total. The van der Waals surface area contributed by atoms with Crippen LogP contribution in [0.15, 0.2) is 79.0 Å². The number of pyridine rings is 1. The van der Waals surface area contributed by atoms with Crippen molar-refractivity contribution in [2.24, 2.45) is 0 Å². The van der Waals surface area contributed by atoms with Crippen LogP contribution < -0.4 is 10.6 Å². The standard InChI is InChI=1S/C20H17N5/c1-2-8-15(9-3-1)14-22-19-16-10-4-5-11-17(16)23-20(25-19)24-18-12-6-7-13-21-18/h1-13H,14H2,(H2,21,22,23,24,25). The molecule has 2 heterocycles. The topological polar surface area (TPSA) is 62.7 Å². The predicted octanol–water partition coefficient (Wildman–Crippen LogP) is 4.38. The van der Waals surface area contributed by atoms with Crippen LogP contribution in [0.5, 0.6) is 0 Å². The predicted molar refractivity (Wildman–Crippen MR) is 101 cm³/mol. The summed E-state index contributed by atoms with van der Waals surface area (Å²) in [6.45, 7) is 0.699. The van der Waals surface area contributed by atoms with Crippen LogP contribution in [0.4, 0.5) is 17.6 Å². The Bertz CT molecular complexity index is 971. The molecule has 4 rings (SSSR count). The van der Waals surface area contributed by atoms with E-state index in [2.05, 4.69) is 37.7 Å². The highest BCUT2D eigenvalue weighted by molar-refractivity contribution is 5.90. The Morgan fingerprint density at radius 2 is 1.56 bits per heavy atom. The summed E-state index contributed by atoms with van der Waals surface area (Å²) in [6.07, 6.45) is 1.73. The Kier molecular flexibility index (Phi) is 4.20. The zero-order chi connectivity index (χ0) is 16.9. The van der Waals surface area contributed by atoms with E-state index in [1.165, 1.54) is 5.56 Å². The molecule has 0 aliphatic carbocycles. The van der Waals surface area contributed by atoms with Crippen LogP contribution in [0.25, 0.3) is 10.9 Å². The quantitative estimate of drug-likeness (QED) is 0.569. The van der Waals surface area contributed by atoms with Crippen LogP contribution >= 0.6 is 0 Å². The third-order valence-electron chi connectivity index (χ3n) is 3.81. The van der Waals surface area contributed by atoms with E-state index in [9.17, 15) is 0 Å². The van der Waals surface area contributed by atoms with Gasteiger partial charge >= 0.3 is 0 Å². The maximum atomic E-state index is 4.64. The second kappa shape index (κ2) is 6.97. The average Bonchev–Trinajstić information content (AvgIpc) is 2.68. The van der Waals surface area contributed by atoms with Gasteiger partial charge in [-0.1, -0.05) is 48.5 Å². The Labute approximate surface area is 145 Å². The fraction of sp³-hybridized carbons (Fsp3) is 0.0500. The first-order valence-corrected chi connectivity index (χ1v) is 8.11. The lowest BCUT2D eigenvalue weighted by Crippen LogP contribution is -2.06. The van der Waals surface area contributed by atoms with Crippen molar-refractivity contribution in [1.82, 2.24) is 15.0 Å². The molecule has 0 aliphatic heterocycles. The van der Waals surface area contributed by atoms with Gasteiger partial charge in [0.05, 0.1) is 5.52 Å². The van der Waals surface area contributed by atoms with Gasteiger partial charge in [-0.25, -0.2) is 9.97 Å². The van der Waals surface area contributed by atoms with Crippen molar-refractivity contribution in [3.63, 3.8) is 0 Å². The van der Waals surface area contributed by atoms with Crippen LogP contribution in [-0.4, -0.2) is 15.0 Å². The number of aromatic nitrogens is 3. The number of hydrogen-bond donors (Lipinski definition) is 2. The van der Waals surface area contributed by atoms with Crippen molar-refractivity contribution in [3.05, 3.63) is 84.6 Å². The summed E-state index contributed by atoms with van der Waals surface area (Å²) in [5.41, 5.74) is 2.08. The Morgan fingerprint density at radius 3 is 2.40 bits per heavy atom. The minimum Gasteiger partial charge on any atom is -0.365 e. The van der Waals surface area contributed by atoms with Gasteiger partial charge in [0.25, 0.3) is 0 Å². The summed E-state index contributed by atoms with van der Waals surface area (Å²) in [5.74, 6) is 2.03. The highest BCUT2D eigenvalue weighted by Gasteiger charge is 2.08. The molecule has 5 heteroatoms. The Morgan fingerprint density at radius 1 is 0.760 bits per heavy atom. The molecule has 25 heavy (non-hydrogen) atoms. The van der Waals surface area contributed by atoms with Gasteiger partial charge in [0.2, 0.25) is 5.95 Å². The summed E-state index contributed by atoms with van der Waals surface area (Å²) >= 11 is 0. The summed E-state index contributed by atoms with van der Waals surface area (Å²) in [7, 11) is 0. The number of nitrogens with one attached hydrogen (secondary N) is 2. The summed E-state index contributed by atoms with van der Waals surface area (Å²) in [6, 6.07) is 23.9. The fourth-order valence-corrected chi connectivity index (χ4v) is 2.60. The van der Waals surface area contributed by atoms with Crippen molar-refractivity contribution in [2.75, 3.05) is 10.6 Å². The molecule has 2 N–H and O–H groups in total. The zero-order valence-electron chi connectivity index (χ0n) is 13.6. The smallest absolute Gasteiger partial charge is 0.230 e. The maximum Gasteiger partial charge on any atom is 0.230 e. The monoisotopic (exact) mass is 327 g/mol. The van der Waals surface area contributed by atoms with Gasteiger partial charge in [0.15, 0.2) is 0 Å². The van der Waals surface area contributed by atoms with Gasteiger partial charge in [0, 0.05) is 18.1 Å². The second-order valence-electron chi connectivity index (χ2n) is 5.59. The molecule has 0 spiro atoms. The van der Waals surface area contributed by atoms with E-state index in [1.807, 2.05) is 60.7 Å². The Balaban J connectivity index is 1.66. The summed E-state index contributed by atoms with van der Waals surface area (Å²) < 4.78 is 0. The largest absolute Gasteiger partial charge is 0.365 e. The number of anilines is 3. The van der Waals surface area contributed by atoms with E-state index < -0.39 is 0 Å². The lowest BCUT2D eigenvalue weighted by atomic mass is 10.2. The fourth-order valence-electron chi connectivity index (χ4n) is 2.60. The first-order valence-electron chi connectivity index (χ1n) is 8.11.